The summed E-state index contributed by atoms with van der Waals surface area (Å²) < 4.78 is 5.79. The lowest BCUT2D eigenvalue weighted by atomic mass is 10.1. The molecule has 0 radical (unpaired) electrons. The highest BCUT2D eigenvalue weighted by Crippen LogP contribution is 2.34. The molecule has 4 heteroatoms. The predicted octanol–water partition coefficient (Wildman–Crippen LogP) is 6.32. The summed E-state index contributed by atoms with van der Waals surface area (Å²) in [6, 6.07) is 20.6. The van der Waals surface area contributed by atoms with Gasteiger partial charge < -0.3 is 4.42 Å². The van der Waals surface area contributed by atoms with Crippen LogP contribution in [0.1, 0.15) is 11.3 Å². The minimum Gasteiger partial charge on any atom is -0.457 e. The molecule has 0 aliphatic rings. The Hall–Kier alpha value is -2.47. The maximum Gasteiger partial charge on any atom is 0.136 e. The molecule has 2 aromatic carbocycles. The van der Waals surface area contributed by atoms with Gasteiger partial charge in [-0.3, -0.25) is 0 Å². The van der Waals surface area contributed by atoms with Crippen molar-refractivity contribution in [3.8, 4) is 17.4 Å². The minimum atomic E-state index is 0.447. The van der Waals surface area contributed by atoms with Crippen LogP contribution in [0.3, 0.4) is 0 Å². The zero-order valence-electron chi connectivity index (χ0n) is 12.0. The van der Waals surface area contributed by atoms with Crippen LogP contribution in [0.4, 0.5) is 0 Å². The average molecular weight is 340 g/mol. The molecular formula is C19H11Cl2NO. The van der Waals surface area contributed by atoms with Gasteiger partial charge in [0, 0.05) is 5.56 Å². The van der Waals surface area contributed by atoms with E-state index in [0.717, 1.165) is 11.1 Å². The van der Waals surface area contributed by atoms with Crippen LogP contribution in [-0.4, -0.2) is 0 Å². The molecule has 23 heavy (non-hydrogen) atoms. The summed E-state index contributed by atoms with van der Waals surface area (Å²) in [6.07, 6.45) is 1.71. The second-order valence-corrected chi connectivity index (χ2v) is 5.62. The van der Waals surface area contributed by atoms with E-state index in [9.17, 15) is 5.26 Å². The number of rotatable bonds is 3. The van der Waals surface area contributed by atoms with Gasteiger partial charge in [0.25, 0.3) is 0 Å². The van der Waals surface area contributed by atoms with Crippen molar-refractivity contribution in [1.29, 1.82) is 5.26 Å². The summed E-state index contributed by atoms with van der Waals surface area (Å²) in [5.74, 6) is 1.19. The Morgan fingerprint density at radius 1 is 0.957 bits per heavy atom. The van der Waals surface area contributed by atoms with E-state index in [1.165, 1.54) is 0 Å². The Morgan fingerprint density at radius 2 is 1.74 bits per heavy atom. The molecule has 3 rings (SSSR count). The van der Waals surface area contributed by atoms with Gasteiger partial charge in [-0.05, 0) is 35.9 Å². The second kappa shape index (κ2) is 6.75. The van der Waals surface area contributed by atoms with E-state index >= 15 is 0 Å². The zero-order valence-corrected chi connectivity index (χ0v) is 13.5. The van der Waals surface area contributed by atoms with Crippen LogP contribution in [0.2, 0.25) is 10.0 Å². The van der Waals surface area contributed by atoms with Gasteiger partial charge in [0.2, 0.25) is 0 Å². The highest BCUT2D eigenvalue weighted by Gasteiger charge is 2.11. The molecule has 0 unspecified atom stereocenters. The maximum absolute atomic E-state index is 9.35. The van der Waals surface area contributed by atoms with Gasteiger partial charge in [0.05, 0.1) is 21.7 Å². The number of hydrogen-bond acceptors (Lipinski definition) is 2. The Bertz CT molecular complexity index is 905. The van der Waals surface area contributed by atoms with Crippen molar-refractivity contribution in [1.82, 2.24) is 0 Å². The Labute approximate surface area is 144 Å². The summed E-state index contributed by atoms with van der Waals surface area (Å²) >= 11 is 12.2. The third-order valence-electron chi connectivity index (χ3n) is 3.34. The smallest absolute Gasteiger partial charge is 0.136 e. The standard InChI is InChI=1S/C19H11Cl2NO/c20-17-8-4-7-16(19(17)21)18-10-9-15(23-18)11-14(12-22)13-5-2-1-3-6-13/h1-11H. The number of allylic oxidation sites excluding steroid dienone is 1. The first kappa shape index (κ1) is 15.4. The molecule has 0 N–H and O–H groups in total. The lowest BCUT2D eigenvalue weighted by Crippen LogP contribution is -1.80. The quantitative estimate of drug-likeness (QED) is 0.523. The van der Waals surface area contributed by atoms with Crippen molar-refractivity contribution in [2.75, 3.05) is 0 Å². The molecule has 2 nitrogen and oxygen atoms in total. The molecule has 0 spiro atoms. The normalized spacial score (nSPS) is 11.3. The SMILES string of the molecule is N#CC(=Cc1ccc(-c2cccc(Cl)c2Cl)o1)c1ccccc1. The molecule has 1 heterocycles. The van der Waals surface area contributed by atoms with E-state index in [2.05, 4.69) is 6.07 Å². The number of nitriles is 1. The van der Waals surface area contributed by atoms with Crippen molar-refractivity contribution in [3.63, 3.8) is 0 Å². The molecule has 0 saturated carbocycles. The first-order chi connectivity index (χ1) is 11.2. The number of benzene rings is 2. The molecule has 0 saturated heterocycles. The summed E-state index contributed by atoms with van der Waals surface area (Å²) in [7, 11) is 0. The summed E-state index contributed by atoms with van der Waals surface area (Å²) in [6.45, 7) is 0. The summed E-state index contributed by atoms with van der Waals surface area (Å²) in [5.41, 5.74) is 2.09. The van der Waals surface area contributed by atoms with Crippen molar-refractivity contribution in [2.24, 2.45) is 0 Å². The molecule has 1 aromatic heterocycles. The van der Waals surface area contributed by atoms with Gasteiger partial charge in [-0.25, -0.2) is 0 Å². The third kappa shape index (κ3) is 3.32. The average Bonchev–Trinajstić information content (AvgIpc) is 3.04. The fourth-order valence-electron chi connectivity index (χ4n) is 2.21. The van der Waals surface area contributed by atoms with Crippen molar-refractivity contribution in [2.45, 2.75) is 0 Å². The minimum absolute atomic E-state index is 0.447. The highest BCUT2D eigenvalue weighted by molar-refractivity contribution is 6.43. The maximum atomic E-state index is 9.35. The van der Waals surface area contributed by atoms with Crippen LogP contribution in [0.15, 0.2) is 65.1 Å². The van der Waals surface area contributed by atoms with E-state index in [0.29, 0.717) is 27.1 Å². The van der Waals surface area contributed by atoms with E-state index in [1.807, 2.05) is 48.5 Å². The lowest BCUT2D eigenvalue weighted by molar-refractivity contribution is 0.572. The van der Waals surface area contributed by atoms with E-state index in [4.69, 9.17) is 27.6 Å². The number of hydrogen-bond donors (Lipinski definition) is 0. The van der Waals surface area contributed by atoms with Crippen LogP contribution in [0.5, 0.6) is 0 Å². The van der Waals surface area contributed by atoms with Gasteiger partial charge in [-0.15, -0.1) is 0 Å². The lowest BCUT2D eigenvalue weighted by Gasteiger charge is -2.02. The monoisotopic (exact) mass is 339 g/mol. The first-order valence-electron chi connectivity index (χ1n) is 6.90. The highest BCUT2D eigenvalue weighted by atomic mass is 35.5. The van der Waals surface area contributed by atoms with Crippen molar-refractivity contribution < 1.29 is 4.42 Å². The fourth-order valence-corrected chi connectivity index (χ4v) is 2.60. The molecule has 0 atom stereocenters. The van der Waals surface area contributed by atoms with Gasteiger partial charge in [-0.1, -0.05) is 59.6 Å². The molecule has 0 aliphatic carbocycles. The van der Waals surface area contributed by atoms with E-state index < -0.39 is 0 Å². The molecule has 3 aromatic rings. The molecule has 0 amide bonds. The third-order valence-corrected chi connectivity index (χ3v) is 4.15. The Kier molecular flexibility index (Phi) is 4.52. The summed E-state index contributed by atoms with van der Waals surface area (Å²) in [5, 5.41) is 10.3. The topological polar surface area (TPSA) is 36.9 Å². The number of furan rings is 1. The first-order valence-corrected chi connectivity index (χ1v) is 7.66. The molecule has 0 bridgehead atoms. The Morgan fingerprint density at radius 3 is 2.48 bits per heavy atom. The number of halogens is 2. The van der Waals surface area contributed by atoms with Crippen LogP contribution < -0.4 is 0 Å². The van der Waals surface area contributed by atoms with Gasteiger partial charge in [-0.2, -0.15) is 5.26 Å². The second-order valence-electron chi connectivity index (χ2n) is 4.84. The fraction of sp³-hybridized carbons (Fsp3) is 0. The molecule has 112 valence electrons. The van der Waals surface area contributed by atoms with Crippen LogP contribution in [0.25, 0.3) is 23.0 Å². The van der Waals surface area contributed by atoms with Crippen molar-refractivity contribution >= 4 is 34.9 Å². The van der Waals surface area contributed by atoms with Crippen molar-refractivity contribution in [3.05, 3.63) is 82.0 Å². The van der Waals surface area contributed by atoms with E-state index in [1.54, 1.807) is 18.2 Å². The van der Waals surface area contributed by atoms with Gasteiger partial charge >= 0.3 is 0 Å². The van der Waals surface area contributed by atoms with Gasteiger partial charge in [0.1, 0.15) is 11.5 Å². The van der Waals surface area contributed by atoms with E-state index in [-0.39, 0.29) is 0 Å². The molecule has 0 fully saturated rings. The van der Waals surface area contributed by atoms with Crippen LogP contribution >= 0.6 is 23.2 Å². The Balaban J connectivity index is 1.98. The van der Waals surface area contributed by atoms with Crippen LogP contribution in [-0.2, 0) is 0 Å². The van der Waals surface area contributed by atoms with Gasteiger partial charge in [0.15, 0.2) is 0 Å². The molecule has 0 aliphatic heterocycles. The largest absolute Gasteiger partial charge is 0.457 e. The zero-order chi connectivity index (χ0) is 16.2. The predicted molar refractivity (Wildman–Crippen MR) is 94.1 cm³/mol. The summed E-state index contributed by atoms with van der Waals surface area (Å²) in [4.78, 5) is 0. The number of nitrogens with zero attached hydrogens (tertiary/aromatic N) is 1. The molecular weight excluding hydrogens is 329 g/mol. The van der Waals surface area contributed by atoms with Crippen LogP contribution in [0, 0.1) is 11.3 Å².